The smallest absolute Gasteiger partial charge is 0.274 e. The molecule has 1 atom stereocenters. The van der Waals surface area contributed by atoms with Crippen molar-refractivity contribution in [2.45, 2.75) is 12.5 Å². The molecule has 0 bridgehead atoms. The number of ether oxygens (including phenoxy) is 1. The molecule has 126 valence electrons. The van der Waals surface area contributed by atoms with E-state index in [9.17, 15) is 4.79 Å². The maximum Gasteiger partial charge on any atom is 0.274 e. The first-order chi connectivity index (χ1) is 12.2. The Morgan fingerprint density at radius 2 is 2.04 bits per heavy atom. The van der Waals surface area contributed by atoms with Gasteiger partial charge in [0.05, 0.1) is 28.2 Å². The third kappa shape index (κ3) is 3.32. The van der Waals surface area contributed by atoms with Gasteiger partial charge in [0, 0.05) is 25.4 Å². The lowest BCUT2D eigenvalue weighted by Gasteiger charge is -2.17. The summed E-state index contributed by atoms with van der Waals surface area (Å²) in [4.78, 5) is 27.2. The number of para-hydroxylation sites is 2. The maximum absolute atomic E-state index is 12.7. The zero-order valence-electron chi connectivity index (χ0n) is 13.3. The van der Waals surface area contributed by atoms with Gasteiger partial charge in [0.2, 0.25) is 0 Å². The second kappa shape index (κ2) is 6.76. The van der Waals surface area contributed by atoms with E-state index in [0.29, 0.717) is 18.8 Å². The van der Waals surface area contributed by atoms with Gasteiger partial charge in [-0.1, -0.05) is 12.1 Å². The molecule has 4 rings (SSSR count). The van der Waals surface area contributed by atoms with Crippen LogP contribution in [0.15, 0.2) is 53.4 Å². The SMILES string of the molecule is O=C(c1cnc2ccccc2n1)N1CCC(Oc2ccncc2Br)C1. The summed E-state index contributed by atoms with van der Waals surface area (Å²) in [6.07, 6.45) is 5.65. The Morgan fingerprint density at radius 1 is 1.20 bits per heavy atom. The maximum atomic E-state index is 12.7. The largest absolute Gasteiger partial charge is 0.487 e. The molecule has 3 aromatic rings. The predicted octanol–water partition coefficient (Wildman–Crippen LogP) is 3.08. The van der Waals surface area contributed by atoms with Gasteiger partial charge in [-0.25, -0.2) is 4.98 Å². The highest BCUT2D eigenvalue weighted by atomic mass is 79.9. The molecule has 1 unspecified atom stereocenters. The molecule has 25 heavy (non-hydrogen) atoms. The Bertz CT molecular complexity index is 934. The van der Waals surface area contributed by atoms with Crippen molar-refractivity contribution in [3.8, 4) is 5.75 Å². The first-order valence-corrected chi connectivity index (χ1v) is 8.77. The molecule has 1 amide bonds. The number of carbonyl (C=O) groups is 1. The van der Waals surface area contributed by atoms with Gasteiger partial charge in [0.1, 0.15) is 17.5 Å². The van der Waals surface area contributed by atoms with Crippen LogP contribution in [-0.4, -0.2) is 45.0 Å². The van der Waals surface area contributed by atoms with Crippen molar-refractivity contribution < 1.29 is 9.53 Å². The van der Waals surface area contributed by atoms with Crippen LogP contribution >= 0.6 is 15.9 Å². The molecule has 1 saturated heterocycles. The predicted molar refractivity (Wildman–Crippen MR) is 96.4 cm³/mol. The molecular formula is C18H15BrN4O2. The van der Waals surface area contributed by atoms with Crippen LogP contribution in [0.3, 0.4) is 0 Å². The van der Waals surface area contributed by atoms with Crippen molar-refractivity contribution in [1.29, 1.82) is 0 Å². The molecule has 0 spiro atoms. The van der Waals surface area contributed by atoms with E-state index in [0.717, 1.165) is 27.7 Å². The normalized spacial score (nSPS) is 17.0. The summed E-state index contributed by atoms with van der Waals surface area (Å²) in [5.74, 6) is 0.623. The van der Waals surface area contributed by atoms with E-state index in [-0.39, 0.29) is 12.0 Å². The van der Waals surface area contributed by atoms with Crippen LogP contribution in [0.25, 0.3) is 11.0 Å². The van der Waals surface area contributed by atoms with Crippen molar-refractivity contribution in [3.63, 3.8) is 0 Å². The van der Waals surface area contributed by atoms with E-state index >= 15 is 0 Å². The van der Waals surface area contributed by atoms with Crippen LogP contribution in [-0.2, 0) is 0 Å². The highest BCUT2D eigenvalue weighted by Crippen LogP contribution is 2.26. The molecule has 0 radical (unpaired) electrons. The molecule has 3 heterocycles. The zero-order chi connectivity index (χ0) is 17.2. The summed E-state index contributed by atoms with van der Waals surface area (Å²) in [6, 6.07) is 9.33. The fourth-order valence-corrected chi connectivity index (χ4v) is 3.21. The molecule has 0 saturated carbocycles. The fourth-order valence-electron chi connectivity index (χ4n) is 2.87. The second-order valence-electron chi connectivity index (χ2n) is 5.83. The Kier molecular flexibility index (Phi) is 4.31. The highest BCUT2D eigenvalue weighted by molar-refractivity contribution is 9.10. The van der Waals surface area contributed by atoms with Crippen molar-refractivity contribution in [2.24, 2.45) is 0 Å². The van der Waals surface area contributed by atoms with E-state index in [1.165, 1.54) is 6.20 Å². The van der Waals surface area contributed by atoms with Crippen molar-refractivity contribution in [3.05, 3.63) is 59.1 Å². The summed E-state index contributed by atoms with van der Waals surface area (Å²) < 4.78 is 6.78. The van der Waals surface area contributed by atoms with Gasteiger partial charge in [-0.2, -0.15) is 0 Å². The molecule has 1 fully saturated rings. The molecular weight excluding hydrogens is 384 g/mol. The van der Waals surface area contributed by atoms with E-state index in [2.05, 4.69) is 30.9 Å². The van der Waals surface area contributed by atoms with Gasteiger partial charge in [-0.3, -0.25) is 14.8 Å². The van der Waals surface area contributed by atoms with Crippen LogP contribution in [0.2, 0.25) is 0 Å². The van der Waals surface area contributed by atoms with Crippen LogP contribution in [0, 0.1) is 0 Å². The average Bonchev–Trinajstić information content (AvgIpc) is 3.11. The highest BCUT2D eigenvalue weighted by Gasteiger charge is 2.29. The van der Waals surface area contributed by atoms with Crippen LogP contribution < -0.4 is 4.74 Å². The average molecular weight is 399 g/mol. The zero-order valence-corrected chi connectivity index (χ0v) is 14.9. The minimum Gasteiger partial charge on any atom is -0.487 e. The monoisotopic (exact) mass is 398 g/mol. The third-order valence-electron chi connectivity index (χ3n) is 4.13. The van der Waals surface area contributed by atoms with Crippen molar-refractivity contribution in [1.82, 2.24) is 19.9 Å². The van der Waals surface area contributed by atoms with E-state index < -0.39 is 0 Å². The summed E-state index contributed by atoms with van der Waals surface area (Å²) >= 11 is 3.42. The lowest BCUT2D eigenvalue weighted by Crippen LogP contribution is -2.31. The molecule has 1 aliphatic heterocycles. The number of aromatic nitrogens is 3. The van der Waals surface area contributed by atoms with Crippen LogP contribution in [0.5, 0.6) is 5.75 Å². The first kappa shape index (κ1) is 16.0. The van der Waals surface area contributed by atoms with Gasteiger partial charge in [-0.15, -0.1) is 0 Å². The number of pyridine rings is 1. The number of rotatable bonds is 3. The number of amides is 1. The summed E-state index contributed by atoms with van der Waals surface area (Å²) in [5.41, 5.74) is 1.87. The number of benzene rings is 1. The molecule has 6 nitrogen and oxygen atoms in total. The lowest BCUT2D eigenvalue weighted by molar-refractivity contribution is 0.0766. The van der Waals surface area contributed by atoms with Crippen molar-refractivity contribution in [2.75, 3.05) is 13.1 Å². The summed E-state index contributed by atoms with van der Waals surface area (Å²) in [5, 5.41) is 0. The van der Waals surface area contributed by atoms with Crippen LogP contribution in [0.4, 0.5) is 0 Å². The van der Waals surface area contributed by atoms with E-state index in [1.807, 2.05) is 30.3 Å². The lowest BCUT2D eigenvalue weighted by atomic mass is 10.3. The first-order valence-electron chi connectivity index (χ1n) is 7.98. The second-order valence-corrected chi connectivity index (χ2v) is 6.68. The fraction of sp³-hybridized carbons (Fsp3) is 0.222. The molecule has 2 aromatic heterocycles. The van der Waals surface area contributed by atoms with Gasteiger partial charge in [0.15, 0.2) is 0 Å². The Labute approximate surface area is 153 Å². The van der Waals surface area contributed by atoms with Crippen molar-refractivity contribution >= 4 is 32.9 Å². The molecule has 1 aliphatic rings. The Hall–Kier alpha value is -2.54. The molecule has 1 aromatic carbocycles. The van der Waals surface area contributed by atoms with E-state index in [1.54, 1.807) is 17.3 Å². The Morgan fingerprint density at radius 3 is 2.88 bits per heavy atom. The summed E-state index contributed by atoms with van der Waals surface area (Å²) in [7, 11) is 0. The molecule has 7 heteroatoms. The number of carbonyl (C=O) groups excluding carboxylic acids is 1. The van der Waals surface area contributed by atoms with E-state index in [4.69, 9.17) is 4.74 Å². The molecule has 0 aliphatic carbocycles. The number of likely N-dealkylation sites (tertiary alicyclic amines) is 1. The number of halogens is 1. The van der Waals surface area contributed by atoms with Gasteiger partial charge < -0.3 is 9.64 Å². The van der Waals surface area contributed by atoms with Gasteiger partial charge in [-0.05, 0) is 34.1 Å². The number of nitrogens with zero attached hydrogens (tertiary/aromatic N) is 4. The molecule has 0 N–H and O–H groups in total. The van der Waals surface area contributed by atoms with Gasteiger partial charge >= 0.3 is 0 Å². The standard InChI is InChI=1S/C18H15BrN4O2/c19-13-9-20-7-5-17(13)25-12-6-8-23(11-12)18(24)16-10-21-14-3-1-2-4-15(14)22-16/h1-5,7,9-10,12H,6,8,11H2. The van der Waals surface area contributed by atoms with Gasteiger partial charge in [0.25, 0.3) is 5.91 Å². The minimum absolute atomic E-state index is 0.0453. The Balaban J connectivity index is 1.47. The number of hydrogen-bond acceptors (Lipinski definition) is 5. The van der Waals surface area contributed by atoms with Crippen LogP contribution in [0.1, 0.15) is 16.9 Å². The number of fused-ring (bicyclic) bond motifs is 1. The topological polar surface area (TPSA) is 68.2 Å². The third-order valence-corrected chi connectivity index (χ3v) is 4.72. The number of hydrogen-bond donors (Lipinski definition) is 0. The quantitative estimate of drug-likeness (QED) is 0.677. The summed E-state index contributed by atoms with van der Waals surface area (Å²) in [6.45, 7) is 1.17. The minimum atomic E-state index is -0.113.